The molecule has 3 heterocycles. The largest absolute Gasteiger partial charge is 0.480 e. The number of nitrogens with zero attached hydrogens (tertiary/aromatic N) is 4. The molecule has 0 aromatic carbocycles. The SMILES string of the molecule is Cn1cc(OCC(=O)N[C@H]2CC[C@](F)(CCN3CCc4ccc(OCC(F)(F)F)nc4CC3)CC2)cn1. The maximum Gasteiger partial charge on any atom is 0.422 e. The van der Waals surface area contributed by atoms with Crippen LogP contribution in [0.1, 0.15) is 43.4 Å². The molecule has 2 aliphatic rings. The lowest BCUT2D eigenvalue weighted by molar-refractivity contribution is -0.154. The first kappa shape index (κ1) is 27.2. The summed E-state index contributed by atoms with van der Waals surface area (Å²) in [7, 11) is 1.76. The van der Waals surface area contributed by atoms with E-state index < -0.39 is 18.5 Å². The molecule has 1 N–H and O–H groups in total. The molecule has 1 fully saturated rings. The van der Waals surface area contributed by atoms with Gasteiger partial charge in [-0.05, 0) is 44.1 Å². The van der Waals surface area contributed by atoms with Crippen molar-refractivity contribution in [3.63, 3.8) is 0 Å². The van der Waals surface area contributed by atoms with Crippen molar-refractivity contribution in [2.24, 2.45) is 7.05 Å². The van der Waals surface area contributed by atoms with E-state index in [0.717, 1.165) is 17.8 Å². The van der Waals surface area contributed by atoms with Crippen LogP contribution in [0.25, 0.3) is 0 Å². The third-order valence-electron chi connectivity index (χ3n) is 6.96. The van der Waals surface area contributed by atoms with E-state index in [-0.39, 0.29) is 24.4 Å². The van der Waals surface area contributed by atoms with Gasteiger partial charge in [0.05, 0.1) is 12.4 Å². The lowest BCUT2D eigenvalue weighted by Gasteiger charge is -2.35. The molecule has 2 aromatic rings. The van der Waals surface area contributed by atoms with Crippen molar-refractivity contribution >= 4 is 5.91 Å². The van der Waals surface area contributed by atoms with E-state index in [2.05, 4.69) is 20.3 Å². The fourth-order valence-electron chi connectivity index (χ4n) is 4.85. The van der Waals surface area contributed by atoms with Crippen LogP contribution in [-0.2, 0) is 24.7 Å². The highest BCUT2D eigenvalue weighted by Gasteiger charge is 2.36. The fourth-order valence-corrected chi connectivity index (χ4v) is 4.85. The molecule has 1 aliphatic carbocycles. The number of hydrogen-bond acceptors (Lipinski definition) is 6. The lowest BCUT2D eigenvalue weighted by Crippen LogP contribution is -2.44. The summed E-state index contributed by atoms with van der Waals surface area (Å²) in [5.74, 6) is 0.260. The molecule has 0 atom stereocenters. The Kier molecular flexibility index (Phi) is 8.56. The van der Waals surface area contributed by atoms with Crippen molar-refractivity contribution in [1.29, 1.82) is 0 Å². The van der Waals surface area contributed by atoms with Gasteiger partial charge in [-0.2, -0.15) is 18.3 Å². The van der Waals surface area contributed by atoms with Crippen molar-refractivity contribution in [3.8, 4) is 11.6 Å². The predicted octanol–water partition coefficient (Wildman–Crippen LogP) is 3.39. The van der Waals surface area contributed by atoms with Crippen LogP contribution in [0.5, 0.6) is 11.6 Å². The molecule has 1 amide bonds. The Morgan fingerprint density at radius 1 is 1.19 bits per heavy atom. The van der Waals surface area contributed by atoms with Crippen molar-refractivity contribution < 1.29 is 31.8 Å². The van der Waals surface area contributed by atoms with E-state index in [9.17, 15) is 18.0 Å². The number of aromatic nitrogens is 3. The van der Waals surface area contributed by atoms with Crippen LogP contribution in [0.4, 0.5) is 17.6 Å². The molecule has 0 spiro atoms. The minimum absolute atomic E-state index is 0.0280. The van der Waals surface area contributed by atoms with Crippen molar-refractivity contribution in [2.45, 2.75) is 62.8 Å². The Hall–Kier alpha value is -2.89. The quantitative estimate of drug-likeness (QED) is 0.504. The lowest BCUT2D eigenvalue weighted by atomic mass is 9.81. The molecule has 8 nitrogen and oxygen atoms in total. The van der Waals surface area contributed by atoms with Gasteiger partial charge in [-0.3, -0.25) is 9.48 Å². The van der Waals surface area contributed by atoms with Gasteiger partial charge in [-0.15, -0.1) is 0 Å². The topological polar surface area (TPSA) is 81.5 Å². The molecular formula is C25H33F4N5O3. The van der Waals surface area contributed by atoms with Crippen LogP contribution in [-0.4, -0.2) is 76.3 Å². The van der Waals surface area contributed by atoms with E-state index in [1.54, 1.807) is 24.0 Å². The summed E-state index contributed by atoms with van der Waals surface area (Å²) in [4.78, 5) is 18.6. The zero-order valence-electron chi connectivity index (χ0n) is 20.9. The minimum Gasteiger partial charge on any atom is -0.480 e. The minimum atomic E-state index is -4.41. The number of halogens is 4. The third kappa shape index (κ3) is 8.31. The number of amides is 1. The first-order valence-corrected chi connectivity index (χ1v) is 12.6. The second-order valence-electron chi connectivity index (χ2n) is 9.88. The van der Waals surface area contributed by atoms with Gasteiger partial charge < -0.3 is 19.7 Å². The van der Waals surface area contributed by atoms with Gasteiger partial charge in [0.2, 0.25) is 5.88 Å². The number of carbonyl (C=O) groups is 1. The Bertz CT molecular complexity index is 1050. The number of aryl methyl sites for hydroxylation is 1. The zero-order valence-corrected chi connectivity index (χ0v) is 20.9. The van der Waals surface area contributed by atoms with E-state index in [4.69, 9.17) is 9.47 Å². The molecule has 12 heteroatoms. The standard InChI is InChI=1S/C25H33F4N5O3/c1-33-15-20(14-30-33)36-16-22(35)31-19-4-8-24(26,9-5-19)10-13-34-11-6-18-2-3-23(32-21(18)7-12-34)37-17-25(27,28)29/h2-3,14-15,19H,4-13,16-17H2,1H3,(H,31,35)/t19-,24+. The average molecular weight is 528 g/mol. The van der Waals surface area contributed by atoms with Gasteiger partial charge in [0.25, 0.3) is 5.91 Å². The maximum atomic E-state index is 15.5. The highest BCUT2D eigenvalue weighted by atomic mass is 19.4. The summed E-state index contributed by atoms with van der Waals surface area (Å²) in [5.41, 5.74) is 0.449. The van der Waals surface area contributed by atoms with Crippen LogP contribution in [0.3, 0.4) is 0 Å². The van der Waals surface area contributed by atoms with Gasteiger partial charge in [-0.25, -0.2) is 9.37 Å². The molecule has 0 bridgehead atoms. The Labute approximate surface area is 213 Å². The molecule has 2 aromatic heterocycles. The summed E-state index contributed by atoms with van der Waals surface area (Å²) in [6.07, 6.45) is 2.41. The summed E-state index contributed by atoms with van der Waals surface area (Å²) < 4.78 is 64.5. The molecule has 1 saturated carbocycles. The molecule has 0 saturated heterocycles. The van der Waals surface area contributed by atoms with Gasteiger partial charge >= 0.3 is 6.18 Å². The number of ether oxygens (including phenoxy) is 2. The number of hydrogen-bond donors (Lipinski definition) is 1. The Morgan fingerprint density at radius 3 is 2.65 bits per heavy atom. The Morgan fingerprint density at radius 2 is 1.95 bits per heavy atom. The zero-order chi connectivity index (χ0) is 26.5. The van der Waals surface area contributed by atoms with Gasteiger partial charge in [0.1, 0.15) is 5.67 Å². The second-order valence-corrected chi connectivity index (χ2v) is 9.88. The number of alkyl halides is 4. The van der Waals surface area contributed by atoms with Crippen molar-refractivity contribution in [3.05, 3.63) is 35.8 Å². The molecule has 1 aliphatic heterocycles. The average Bonchev–Trinajstić information content (AvgIpc) is 3.16. The van der Waals surface area contributed by atoms with Crippen LogP contribution >= 0.6 is 0 Å². The molecule has 4 rings (SSSR count). The highest BCUT2D eigenvalue weighted by molar-refractivity contribution is 5.77. The summed E-state index contributed by atoms with van der Waals surface area (Å²) in [5, 5.41) is 6.91. The third-order valence-corrected chi connectivity index (χ3v) is 6.96. The molecule has 0 unspecified atom stereocenters. The number of fused-ring (bicyclic) bond motifs is 1. The number of rotatable bonds is 9. The first-order valence-electron chi connectivity index (χ1n) is 12.6. The van der Waals surface area contributed by atoms with Crippen LogP contribution < -0.4 is 14.8 Å². The number of nitrogens with one attached hydrogen (secondary N) is 1. The summed E-state index contributed by atoms with van der Waals surface area (Å²) >= 11 is 0. The van der Waals surface area contributed by atoms with Crippen molar-refractivity contribution in [1.82, 2.24) is 25.0 Å². The molecule has 37 heavy (non-hydrogen) atoms. The van der Waals surface area contributed by atoms with Gasteiger partial charge in [-0.1, -0.05) is 6.07 Å². The predicted molar refractivity (Wildman–Crippen MR) is 127 cm³/mol. The summed E-state index contributed by atoms with van der Waals surface area (Å²) in [6.45, 7) is 0.522. The smallest absolute Gasteiger partial charge is 0.422 e. The van der Waals surface area contributed by atoms with E-state index >= 15 is 4.39 Å². The number of carbonyl (C=O) groups excluding carboxylic acids is 1. The van der Waals surface area contributed by atoms with Crippen LogP contribution in [0.2, 0.25) is 0 Å². The van der Waals surface area contributed by atoms with Gasteiger partial charge in [0.15, 0.2) is 19.0 Å². The molecule has 204 valence electrons. The highest BCUT2D eigenvalue weighted by Crippen LogP contribution is 2.35. The van der Waals surface area contributed by atoms with E-state index in [1.807, 2.05) is 0 Å². The first-order chi connectivity index (χ1) is 17.6. The van der Waals surface area contributed by atoms with E-state index in [1.165, 1.54) is 12.3 Å². The van der Waals surface area contributed by atoms with Crippen LogP contribution in [0.15, 0.2) is 24.5 Å². The fraction of sp³-hybridized carbons (Fsp3) is 0.640. The van der Waals surface area contributed by atoms with Crippen LogP contribution in [0, 0.1) is 0 Å². The molecular weight excluding hydrogens is 494 g/mol. The van der Waals surface area contributed by atoms with E-state index in [0.29, 0.717) is 63.8 Å². The Balaban J connectivity index is 1.17. The maximum absolute atomic E-state index is 15.5. The normalized spacial score (nSPS) is 22.7. The summed E-state index contributed by atoms with van der Waals surface area (Å²) in [6, 6.07) is 3.17. The molecule has 0 radical (unpaired) electrons. The van der Waals surface area contributed by atoms with Crippen molar-refractivity contribution in [2.75, 3.05) is 32.8 Å². The van der Waals surface area contributed by atoms with Gasteiger partial charge in [0, 0.05) is 50.9 Å². The second kappa shape index (κ2) is 11.7. The number of pyridine rings is 1. The monoisotopic (exact) mass is 527 g/mol.